The van der Waals surface area contributed by atoms with E-state index in [1.54, 1.807) is 0 Å². The molecule has 1 heteroatoms. The van der Waals surface area contributed by atoms with Crippen molar-refractivity contribution in [2.75, 3.05) is 0 Å². The molecule has 0 amide bonds. The van der Waals surface area contributed by atoms with Crippen molar-refractivity contribution in [1.29, 1.82) is 0 Å². The van der Waals surface area contributed by atoms with E-state index in [9.17, 15) is 0 Å². The third-order valence-electron chi connectivity index (χ3n) is 1.43. The number of hydrogen-bond donors (Lipinski definition) is 0. The summed E-state index contributed by atoms with van der Waals surface area (Å²) < 4.78 is 0. The van der Waals surface area contributed by atoms with Crippen LogP contribution in [0.4, 0.5) is 0 Å². The van der Waals surface area contributed by atoms with Crippen LogP contribution in [0.1, 0.15) is 11.1 Å². The summed E-state index contributed by atoms with van der Waals surface area (Å²) in [6.45, 7) is 4.24. The molecule has 48 valence electrons. The molecule has 0 saturated heterocycles. The van der Waals surface area contributed by atoms with E-state index in [1.165, 1.54) is 11.1 Å². The van der Waals surface area contributed by atoms with Gasteiger partial charge in [0.05, 0.1) is 0 Å². The van der Waals surface area contributed by atoms with Gasteiger partial charge in [0.1, 0.15) is 0 Å². The molecule has 0 aliphatic rings. The van der Waals surface area contributed by atoms with Gasteiger partial charge in [-0.25, -0.2) is 0 Å². The molecule has 0 spiro atoms. The Labute approximate surface area is 66.8 Å². The van der Waals surface area contributed by atoms with Crippen molar-refractivity contribution in [3.8, 4) is 0 Å². The number of benzene rings is 1. The van der Waals surface area contributed by atoms with Gasteiger partial charge in [-0.1, -0.05) is 24.3 Å². The van der Waals surface area contributed by atoms with Gasteiger partial charge in [0.25, 0.3) is 0 Å². The zero-order chi connectivity index (χ0) is 5.98. The first-order chi connectivity index (χ1) is 3.80. The molecule has 0 heterocycles. The minimum absolute atomic E-state index is 0. The SMILES string of the molecule is Cc1ccccc1C.[Se]. The summed E-state index contributed by atoms with van der Waals surface area (Å²) in [5.41, 5.74) is 2.74. The van der Waals surface area contributed by atoms with E-state index in [-0.39, 0.29) is 17.1 Å². The van der Waals surface area contributed by atoms with Gasteiger partial charge in [0, 0.05) is 17.1 Å². The summed E-state index contributed by atoms with van der Waals surface area (Å²) in [5.74, 6) is 0. The van der Waals surface area contributed by atoms with Gasteiger partial charge in [-0.05, 0) is 25.0 Å². The summed E-state index contributed by atoms with van der Waals surface area (Å²) in [7, 11) is 0. The zero-order valence-electron chi connectivity index (χ0n) is 5.72. The van der Waals surface area contributed by atoms with Crippen molar-refractivity contribution < 1.29 is 0 Å². The Bertz CT molecular complexity index is 161. The van der Waals surface area contributed by atoms with Gasteiger partial charge >= 0.3 is 0 Å². The minimum Gasteiger partial charge on any atom is -0.0620 e. The van der Waals surface area contributed by atoms with E-state index in [2.05, 4.69) is 38.1 Å². The monoisotopic (exact) mass is 186 g/mol. The second-order valence-electron chi connectivity index (χ2n) is 2.08. The molecule has 0 aromatic heterocycles. The third kappa shape index (κ3) is 2.21. The molecule has 0 unspecified atom stereocenters. The predicted molar refractivity (Wildman–Crippen MR) is 41.7 cm³/mol. The molecule has 0 bridgehead atoms. The normalized spacial score (nSPS) is 8.22. The zero-order valence-corrected chi connectivity index (χ0v) is 7.43. The molecular formula is C8H10Se. The largest absolute Gasteiger partial charge is 0.0620 e. The minimum atomic E-state index is 0. The fraction of sp³-hybridized carbons (Fsp3) is 0.250. The quantitative estimate of drug-likeness (QED) is 0.542. The van der Waals surface area contributed by atoms with Gasteiger partial charge in [0.15, 0.2) is 0 Å². The Morgan fingerprint density at radius 3 is 1.44 bits per heavy atom. The van der Waals surface area contributed by atoms with Crippen LogP contribution in [-0.2, 0) is 0 Å². The van der Waals surface area contributed by atoms with Crippen LogP contribution >= 0.6 is 0 Å². The van der Waals surface area contributed by atoms with Crippen molar-refractivity contribution in [3.63, 3.8) is 0 Å². The van der Waals surface area contributed by atoms with Crippen molar-refractivity contribution >= 4 is 17.1 Å². The Morgan fingerprint density at radius 1 is 0.889 bits per heavy atom. The Kier molecular flexibility index (Phi) is 3.60. The summed E-state index contributed by atoms with van der Waals surface area (Å²) in [4.78, 5) is 0. The van der Waals surface area contributed by atoms with E-state index in [4.69, 9.17) is 0 Å². The van der Waals surface area contributed by atoms with Crippen LogP contribution in [0.25, 0.3) is 0 Å². The van der Waals surface area contributed by atoms with Gasteiger partial charge in [-0.3, -0.25) is 0 Å². The molecule has 0 N–H and O–H groups in total. The Balaban J connectivity index is 0.000000640. The number of hydrogen-bond acceptors (Lipinski definition) is 0. The van der Waals surface area contributed by atoms with Crippen LogP contribution in [0.15, 0.2) is 24.3 Å². The van der Waals surface area contributed by atoms with Crippen LogP contribution < -0.4 is 0 Å². The molecule has 9 heavy (non-hydrogen) atoms. The van der Waals surface area contributed by atoms with E-state index in [1.807, 2.05) is 0 Å². The average Bonchev–Trinajstić information content (AvgIpc) is 1.77. The molecule has 0 atom stereocenters. The van der Waals surface area contributed by atoms with Crippen molar-refractivity contribution in [2.45, 2.75) is 13.8 Å². The van der Waals surface area contributed by atoms with Gasteiger partial charge < -0.3 is 0 Å². The predicted octanol–water partition coefficient (Wildman–Crippen LogP) is 1.92. The van der Waals surface area contributed by atoms with Crippen LogP contribution in [0, 0.1) is 13.8 Å². The Hall–Kier alpha value is -0.261. The van der Waals surface area contributed by atoms with Gasteiger partial charge in [-0.15, -0.1) is 0 Å². The third-order valence-corrected chi connectivity index (χ3v) is 1.43. The van der Waals surface area contributed by atoms with E-state index in [0.717, 1.165) is 0 Å². The molecule has 0 aliphatic carbocycles. The topological polar surface area (TPSA) is 0 Å². The van der Waals surface area contributed by atoms with Crippen LogP contribution in [0.5, 0.6) is 0 Å². The molecule has 0 saturated carbocycles. The molecule has 1 aromatic carbocycles. The first-order valence-electron chi connectivity index (χ1n) is 2.83. The van der Waals surface area contributed by atoms with Crippen molar-refractivity contribution in [2.24, 2.45) is 0 Å². The fourth-order valence-corrected chi connectivity index (χ4v) is 0.663. The maximum Gasteiger partial charge on any atom is 0 e. The molecule has 0 fully saturated rings. The molecule has 0 aliphatic heterocycles. The maximum atomic E-state index is 2.12. The first-order valence-corrected chi connectivity index (χ1v) is 2.83. The Morgan fingerprint density at radius 2 is 1.22 bits per heavy atom. The molecule has 0 nitrogen and oxygen atoms in total. The summed E-state index contributed by atoms with van der Waals surface area (Å²) in [6.07, 6.45) is 0. The number of rotatable bonds is 0. The van der Waals surface area contributed by atoms with Crippen LogP contribution in [-0.4, -0.2) is 17.1 Å². The van der Waals surface area contributed by atoms with E-state index in [0.29, 0.717) is 0 Å². The van der Waals surface area contributed by atoms with Gasteiger partial charge in [0.2, 0.25) is 0 Å². The standard InChI is InChI=1S/C8H10.Se/c1-7-5-3-4-6-8(7)2;/h3-6H,1-2H3;. The second-order valence-corrected chi connectivity index (χ2v) is 2.08. The van der Waals surface area contributed by atoms with Crippen LogP contribution in [0.3, 0.4) is 0 Å². The van der Waals surface area contributed by atoms with Crippen LogP contribution in [0.2, 0.25) is 0 Å². The molecular weight excluding hydrogens is 175 g/mol. The second kappa shape index (κ2) is 3.71. The summed E-state index contributed by atoms with van der Waals surface area (Å²) in [5, 5.41) is 0. The average molecular weight is 185 g/mol. The summed E-state index contributed by atoms with van der Waals surface area (Å²) in [6, 6.07) is 8.36. The first kappa shape index (κ1) is 8.74. The van der Waals surface area contributed by atoms with Crippen molar-refractivity contribution in [3.05, 3.63) is 35.4 Å². The maximum absolute atomic E-state index is 2.12. The summed E-state index contributed by atoms with van der Waals surface area (Å²) >= 11 is 0. The van der Waals surface area contributed by atoms with E-state index < -0.39 is 0 Å². The van der Waals surface area contributed by atoms with Gasteiger partial charge in [-0.2, -0.15) is 0 Å². The van der Waals surface area contributed by atoms with E-state index >= 15 is 0 Å². The smallest absolute Gasteiger partial charge is 0 e. The molecule has 1 aromatic rings. The van der Waals surface area contributed by atoms with Crippen molar-refractivity contribution in [1.82, 2.24) is 0 Å². The molecule has 2 radical (unpaired) electrons. The molecule has 1 rings (SSSR count). The number of aryl methyl sites for hydroxylation is 2. The fourth-order valence-electron chi connectivity index (χ4n) is 0.663.